The Kier molecular flexibility index (Phi) is 11.5. The van der Waals surface area contributed by atoms with Crippen molar-refractivity contribution in [3.63, 3.8) is 0 Å². The minimum absolute atomic E-state index is 0.774. The van der Waals surface area contributed by atoms with Crippen LogP contribution in [0.25, 0.3) is 0 Å². The second-order valence-corrected chi connectivity index (χ2v) is 7.87. The topological polar surface area (TPSA) is 45.1 Å². The third-order valence-electron chi connectivity index (χ3n) is 5.72. The zero-order valence-electron chi connectivity index (χ0n) is 16.8. The predicted molar refractivity (Wildman–Crippen MR) is 109 cm³/mol. The Bertz CT molecular complexity index is 414. The molecule has 1 N–H and O–H groups in total. The lowest BCUT2D eigenvalue weighted by atomic mass is 10.0. The molecule has 150 valence electrons. The van der Waals surface area contributed by atoms with Crippen LogP contribution in [0.2, 0.25) is 0 Å². The van der Waals surface area contributed by atoms with E-state index >= 15 is 0 Å². The lowest BCUT2D eigenvalue weighted by molar-refractivity contribution is 0.0560. The lowest BCUT2D eigenvalue weighted by Gasteiger charge is -2.31. The van der Waals surface area contributed by atoms with Crippen LogP contribution in [0.15, 0.2) is 16.9 Å². The Morgan fingerprint density at radius 3 is 1.77 bits per heavy atom. The third-order valence-corrected chi connectivity index (χ3v) is 5.72. The first-order chi connectivity index (χ1) is 12.9. The smallest absolute Gasteiger partial charge is 0.102 e. The highest BCUT2D eigenvalue weighted by atomic mass is 16.5. The van der Waals surface area contributed by atoms with Gasteiger partial charge in [0.1, 0.15) is 5.71 Å². The monoisotopic (exact) mass is 364 g/mol. The van der Waals surface area contributed by atoms with Crippen molar-refractivity contribution in [2.75, 3.05) is 26.3 Å². The van der Waals surface area contributed by atoms with Crippen LogP contribution in [0, 0.1) is 0 Å². The standard InChI is InChI=1S/C22H40N2O2/c25-23-21-15-13-11-9-7-5-3-1-2-4-6-8-10-12-14-16-22(21)24-17-19-26-20-18-24/h16,25H,1-15,17-20H2/b22-16-,23-21?. The molecule has 26 heavy (non-hydrogen) atoms. The molecule has 2 aliphatic rings. The lowest BCUT2D eigenvalue weighted by Crippen LogP contribution is -2.38. The van der Waals surface area contributed by atoms with Crippen LogP contribution >= 0.6 is 0 Å². The van der Waals surface area contributed by atoms with Gasteiger partial charge in [-0.25, -0.2) is 0 Å². The average Bonchev–Trinajstić information content (AvgIpc) is 2.68. The van der Waals surface area contributed by atoms with Gasteiger partial charge >= 0.3 is 0 Å². The fraction of sp³-hybridized carbons (Fsp3) is 0.864. The molecule has 1 saturated heterocycles. The Balaban J connectivity index is 1.93. The number of hydrogen-bond acceptors (Lipinski definition) is 4. The molecule has 0 spiro atoms. The zero-order chi connectivity index (χ0) is 18.3. The quantitative estimate of drug-likeness (QED) is 0.465. The van der Waals surface area contributed by atoms with Crippen molar-refractivity contribution in [2.24, 2.45) is 5.16 Å². The van der Waals surface area contributed by atoms with Crippen molar-refractivity contribution in [2.45, 2.75) is 96.3 Å². The van der Waals surface area contributed by atoms with E-state index in [0.717, 1.165) is 57.0 Å². The van der Waals surface area contributed by atoms with Gasteiger partial charge in [-0.05, 0) is 25.7 Å². The summed E-state index contributed by atoms with van der Waals surface area (Å²) in [6, 6.07) is 0. The minimum atomic E-state index is 0.774. The maximum absolute atomic E-state index is 9.64. The molecule has 0 saturated carbocycles. The summed E-state index contributed by atoms with van der Waals surface area (Å²) in [6.07, 6.45) is 21.7. The van der Waals surface area contributed by atoms with Gasteiger partial charge in [0.05, 0.1) is 18.9 Å². The van der Waals surface area contributed by atoms with E-state index in [1.54, 1.807) is 0 Å². The van der Waals surface area contributed by atoms with E-state index in [9.17, 15) is 5.21 Å². The highest BCUT2D eigenvalue weighted by Crippen LogP contribution is 2.19. The molecule has 0 unspecified atom stereocenters. The highest BCUT2D eigenvalue weighted by Gasteiger charge is 2.18. The van der Waals surface area contributed by atoms with E-state index in [1.807, 2.05) is 0 Å². The third kappa shape index (κ3) is 8.57. The maximum atomic E-state index is 9.64. The van der Waals surface area contributed by atoms with Gasteiger partial charge in [0, 0.05) is 13.1 Å². The Hall–Kier alpha value is -1.03. The second kappa shape index (κ2) is 14.1. The van der Waals surface area contributed by atoms with Crippen LogP contribution in [-0.2, 0) is 4.74 Å². The Morgan fingerprint density at radius 1 is 0.731 bits per heavy atom. The molecule has 0 amide bonds. The molecule has 1 heterocycles. The first kappa shape index (κ1) is 21.3. The summed E-state index contributed by atoms with van der Waals surface area (Å²) in [5, 5.41) is 13.3. The van der Waals surface area contributed by atoms with Crippen molar-refractivity contribution >= 4 is 5.71 Å². The Labute approximate surface area is 160 Å². The van der Waals surface area contributed by atoms with Crippen LogP contribution in [0.5, 0.6) is 0 Å². The molecule has 0 aromatic rings. The first-order valence-corrected chi connectivity index (χ1v) is 11.2. The number of allylic oxidation sites excluding steroid dienone is 2. The molecule has 4 nitrogen and oxygen atoms in total. The van der Waals surface area contributed by atoms with E-state index in [4.69, 9.17) is 4.74 Å². The van der Waals surface area contributed by atoms with Gasteiger partial charge in [-0.15, -0.1) is 0 Å². The molecular weight excluding hydrogens is 324 g/mol. The SMILES string of the molecule is ON=C1CCCCCCCCCCCCCCC/C=C/1N1CCOCC1. The maximum Gasteiger partial charge on any atom is 0.102 e. The average molecular weight is 365 g/mol. The van der Waals surface area contributed by atoms with Crippen molar-refractivity contribution in [3.05, 3.63) is 11.8 Å². The van der Waals surface area contributed by atoms with Gasteiger partial charge in [-0.2, -0.15) is 0 Å². The number of rotatable bonds is 1. The molecule has 2 rings (SSSR count). The summed E-state index contributed by atoms with van der Waals surface area (Å²) in [5.74, 6) is 0. The summed E-state index contributed by atoms with van der Waals surface area (Å²) < 4.78 is 5.50. The second-order valence-electron chi connectivity index (χ2n) is 7.87. The van der Waals surface area contributed by atoms with Crippen LogP contribution < -0.4 is 0 Å². The molecule has 0 aromatic heterocycles. The fourth-order valence-electron chi connectivity index (χ4n) is 4.08. The summed E-state index contributed by atoms with van der Waals surface area (Å²) >= 11 is 0. The zero-order valence-corrected chi connectivity index (χ0v) is 16.8. The molecule has 0 atom stereocenters. The number of nitrogens with zero attached hydrogens (tertiary/aromatic N) is 2. The molecule has 1 aliphatic carbocycles. The number of oxime groups is 1. The van der Waals surface area contributed by atoms with Gasteiger partial charge in [0.25, 0.3) is 0 Å². The van der Waals surface area contributed by atoms with Gasteiger partial charge in [0.2, 0.25) is 0 Å². The van der Waals surface area contributed by atoms with E-state index in [1.165, 1.54) is 77.0 Å². The summed E-state index contributed by atoms with van der Waals surface area (Å²) in [7, 11) is 0. The summed E-state index contributed by atoms with van der Waals surface area (Å²) in [5.41, 5.74) is 2.05. The van der Waals surface area contributed by atoms with Crippen LogP contribution in [0.3, 0.4) is 0 Å². The van der Waals surface area contributed by atoms with Crippen molar-refractivity contribution in [3.8, 4) is 0 Å². The van der Waals surface area contributed by atoms with Gasteiger partial charge in [-0.1, -0.05) is 81.9 Å². The minimum Gasteiger partial charge on any atom is -0.411 e. The van der Waals surface area contributed by atoms with E-state index in [0.29, 0.717) is 0 Å². The highest BCUT2D eigenvalue weighted by molar-refractivity contribution is 5.99. The molecule has 1 fully saturated rings. The van der Waals surface area contributed by atoms with Crippen LogP contribution in [-0.4, -0.2) is 42.1 Å². The largest absolute Gasteiger partial charge is 0.411 e. The Morgan fingerprint density at radius 2 is 1.23 bits per heavy atom. The van der Waals surface area contributed by atoms with Crippen molar-refractivity contribution in [1.82, 2.24) is 4.90 Å². The number of hydrogen-bond donors (Lipinski definition) is 1. The number of morpholine rings is 1. The fourth-order valence-corrected chi connectivity index (χ4v) is 4.08. The molecule has 1 aliphatic heterocycles. The molecular formula is C22H40N2O2. The van der Waals surface area contributed by atoms with Crippen LogP contribution in [0.1, 0.15) is 96.3 Å². The van der Waals surface area contributed by atoms with E-state index < -0.39 is 0 Å². The normalized spacial score (nSPS) is 27.3. The first-order valence-electron chi connectivity index (χ1n) is 11.2. The molecule has 0 aromatic carbocycles. The summed E-state index contributed by atoms with van der Waals surface area (Å²) in [6.45, 7) is 3.36. The number of ether oxygens (including phenoxy) is 1. The molecule has 4 heteroatoms. The predicted octanol–water partition coefficient (Wildman–Crippen LogP) is 5.90. The van der Waals surface area contributed by atoms with E-state index in [-0.39, 0.29) is 0 Å². The van der Waals surface area contributed by atoms with Crippen molar-refractivity contribution in [1.29, 1.82) is 0 Å². The molecule has 0 bridgehead atoms. The van der Waals surface area contributed by atoms with Crippen LogP contribution in [0.4, 0.5) is 0 Å². The van der Waals surface area contributed by atoms with Crippen molar-refractivity contribution < 1.29 is 9.94 Å². The van der Waals surface area contributed by atoms with E-state index in [2.05, 4.69) is 16.1 Å². The van der Waals surface area contributed by atoms with Gasteiger partial charge in [-0.3, -0.25) is 0 Å². The van der Waals surface area contributed by atoms with Gasteiger partial charge < -0.3 is 14.8 Å². The molecule has 0 radical (unpaired) electrons. The van der Waals surface area contributed by atoms with Gasteiger partial charge in [0.15, 0.2) is 0 Å². The summed E-state index contributed by atoms with van der Waals surface area (Å²) in [4.78, 5) is 2.36.